The Balaban J connectivity index is 1.21. The van der Waals surface area contributed by atoms with E-state index >= 15 is 0 Å². The Morgan fingerprint density at radius 2 is 1.84 bits per heavy atom. The summed E-state index contributed by atoms with van der Waals surface area (Å²) in [6.45, 7) is 7.01. The van der Waals surface area contributed by atoms with Gasteiger partial charge in [-0.25, -0.2) is 4.79 Å². The number of hydrogen-bond acceptors (Lipinski definition) is 7. The zero-order chi connectivity index (χ0) is 26.5. The van der Waals surface area contributed by atoms with Crippen LogP contribution in [0.4, 0.5) is 0 Å². The van der Waals surface area contributed by atoms with Gasteiger partial charge in [0.25, 0.3) is 11.8 Å². The summed E-state index contributed by atoms with van der Waals surface area (Å²) in [5.74, 6) is -0.636. The summed E-state index contributed by atoms with van der Waals surface area (Å²) in [6.07, 6.45) is 3.81. The molecule has 0 radical (unpaired) electrons. The molecule has 0 unspecified atom stereocenters. The number of hydrogen-bond donors (Lipinski definition) is 1. The van der Waals surface area contributed by atoms with E-state index in [1.54, 1.807) is 33.8 Å². The molecule has 10 heteroatoms. The molecular formula is C28H36N4O6. The van der Waals surface area contributed by atoms with Crippen LogP contribution in [0.25, 0.3) is 0 Å². The number of amides is 2. The van der Waals surface area contributed by atoms with Crippen LogP contribution in [0.5, 0.6) is 0 Å². The first-order chi connectivity index (χ1) is 18.5. The van der Waals surface area contributed by atoms with Crippen LogP contribution in [0, 0.1) is 5.41 Å². The van der Waals surface area contributed by atoms with Crippen molar-refractivity contribution >= 4 is 17.8 Å². The number of benzene rings is 1. The zero-order valence-electron chi connectivity index (χ0n) is 22.0. The van der Waals surface area contributed by atoms with Crippen molar-refractivity contribution in [2.45, 2.75) is 45.6 Å². The van der Waals surface area contributed by atoms with Gasteiger partial charge in [-0.15, -0.1) is 0 Å². The number of aryl methyl sites for hydroxylation is 2. The fourth-order valence-electron chi connectivity index (χ4n) is 5.58. The van der Waals surface area contributed by atoms with Gasteiger partial charge in [-0.3, -0.25) is 14.3 Å². The van der Waals surface area contributed by atoms with Crippen molar-refractivity contribution in [3.05, 3.63) is 52.3 Å². The van der Waals surface area contributed by atoms with E-state index < -0.39 is 5.97 Å². The summed E-state index contributed by atoms with van der Waals surface area (Å²) in [5, 5.41) is 7.89. The molecule has 1 aromatic carbocycles. The lowest BCUT2D eigenvalue weighted by molar-refractivity contribution is 0.0160. The first-order valence-electron chi connectivity index (χ1n) is 13.6. The summed E-state index contributed by atoms with van der Waals surface area (Å²) in [4.78, 5) is 40.2. The number of aromatic nitrogens is 2. The van der Waals surface area contributed by atoms with Gasteiger partial charge >= 0.3 is 5.97 Å². The summed E-state index contributed by atoms with van der Waals surface area (Å²) < 4.78 is 18.2. The van der Waals surface area contributed by atoms with Gasteiger partial charge in [-0.05, 0) is 62.6 Å². The lowest BCUT2D eigenvalue weighted by atomic mass is 9.75. The minimum atomic E-state index is -0.458. The maximum absolute atomic E-state index is 13.0. The predicted molar refractivity (Wildman–Crippen MR) is 138 cm³/mol. The molecule has 2 fully saturated rings. The van der Waals surface area contributed by atoms with E-state index in [1.807, 2.05) is 6.92 Å². The average Bonchev–Trinajstić information content (AvgIpc) is 3.24. The number of morpholine rings is 1. The molecule has 3 aliphatic heterocycles. The van der Waals surface area contributed by atoms with Gasteiger partial charge in [0, 0.05) is 50.5 Å². The lowest BCUT2D eigenvalue weighted by Gasteiger charge is -2.36. The molecule has 10 nitrogen and oxygen atoms in total. The van der Waals surface area contributed by atoms with E-state index in [1.165, 1.54) is 0 Å². The molecule has 1 aromatic heterocycles. The van der Waals surface area contributed by atoms with Gasteiger partial charge in [0.05, 0.1) is 31.1 Å². The predicted octanol–water partition coefficient (Wildman–Crippen LogP) is 2.25. The highest BCUT2D eigenvalue weighted by Gasteiger charge is 2.39. The van der Waals surface area contributed by atoms with E-state index in [9.17, 15) is 14.4 Å². The van der Waals surface area contributed by atoms with Crippen molar-refractivity contribution in [1.82, 2.24) is 20.0 Å². The number of ether oxygens (including phenoxy) is 3. The van der Waals surface area contributed by atoms with Gasteiger partial charge in [-0.2, -0.15) is 5.10 Å². The number of nitrogens with zero attached hydrogens (tertiary/aromatic N) is 3. The Kier molecular flexibility index (Phi) is 8.09. The quantitative estimate of drug-likeness (QED) is 0.437. The third kappa shape index (κ3) is 5.61. The number of esters is 1. The summed E-state index contributed by atoms with van der Waals surface area (Å²) in [5.41, 5.74) is 3.39. The fraction of sp³-hybridized carbons (Fsp3) is 0.571. The molecule has 4 heterocycles. The van der Waals surface area contributed by atoms with E-state index in [0.717, 1.165) is 30.5 Å². The highest BCUT2D eigenvalue weighted by molar-refractivity contribution is 5.98. The van der Waals surface area contributed by atoms with Crippen molar-refractivity contribution in [1.29, 1.82) is 0 Å². The molecule has 1 spiro atoms. The topological polar surface area (TPSA) is 112 Å². The Morgan fingerprint density at radius 1 is 1.11 bits per heavy atom. The van der Waals surface area contributed by atoms with Crippen LogP contribution in [-0.2, 0) is 33.6 Å². The molecule has 5 rings (SSSR count). The number of nitrogens with one attached hydrogen (secondary N) is 1. The van der Waals surface area contributed by atoms with Crippen molar-refractivity contribution in [2.24, 2.45) is 5.41 Å². The van der Waals surface area contributed by atoms with E-state index in [4.69, 9.17) is 19.3 Å². The zero-order valence-corrected chi connectivity index (χ0v) is 22.0. The lowest BCUT2D eigenvalue weighted by Crippen LogP contribution is -2.40. The smallest absolute Gasteiger partial charge is 0.338 e. The maximum atomic E-state index is 13.0. The van der Waals surface area contributed by atoms with Crippen molar-refractivity contribution in [3.8, 4) is 0 Å². The molecule has 1 N–H and O–H groups in total. The normalized spacial score (nSPS) is 19.0. The van der Waals surface area contributed by atoms with Crippen molar-refractivity contribution < 1.29 is 28.6 Å². The third-order valence-corrected chi connectivity index (χ3v) is 7.81. The minimum absolute atomic E-state index is 0.00828. The Bertz CT molecular complexity index is 1180. The molecule has 2 amide bonds. The van der Waals surface area contributed by atoms with Crippen LogP contribution in [-0.4, -0.2) is 85.1 Å². The summed E-state index contributed by atoms with van der Waals surface area (Å²) >= 11 is 0. The van der Waals surface area contributed by atoms with Crippen molar-refractivity contribution in [2.75, 3.05) is 52.7 Å². The largest absolute Gasteiger partial charge is 0.462 e. The number of fused-ring (bicyclic) bond motifs is 1. The molecule has 2 saturated heterocycles. The SMILES string of the molecule is CCn1nc(CCCOC(=O)c2cccc(C(=O)N3CCOCC3)c2)c2c1C(=O)NCC1(CCOCC1)C2. The van der Waals surface area contributed by atoms with Crippen LogP contribution in [0.3, 0.4) is 0 Å². The minimum Gasteiger partial charge on any atom is -0.462 e. The molecule has 0 bridgehead atoms. The second kappa shape index (κ2) is 11.7. The highest BCUT2D eigenvalue weighted by Crippen LogP contribution is 2.37. The van der Waals surface area contributed by atoms with Crippen LogP contribution in [0.1, 0.15) is 68.6 Å². The Morgan fingerprint density at radius 3 is 2.61 bits per heavy atom. The maximum Gasteiger partial charge on any atom is 0.338 e. The monoisotopic (exact) mass is 524 g/mol. The number of carbonyl (C=O) groups excluding carboxylic acids is 3. The van der Waals surface area contributed by atoms with E-state index in [2.05, 4.69) is 5.32 Å². The second-order valence-electron chi connectivity index (χ2n) is 10.3. The van der Waals surface area contributed by atoms with Gasteiger partial charge in [0.2, 0.25) is 0 Å². The molecular weight excluding hydrogens is 488 g/mol. The van der Waals surface area contributed by atoms with Gasteiger partial charge in [-0.1, -0.05) is 6.07 Å². The number of rotatable bonds is 7. The second-order valence-corrected chi connectivity index (χ2v) is 10.3. The van der Waals surface area contributed by atoms with Crippen LogP contribution < -0.4 is 5.32 Å². The molecule has 38 heavy (non-hydrogen) atoms. The Labute approximate surface area is 222 Å². The van der Waals surface area contributed by atoms with E-state index in [-0.39, 0.29) is 23.8 Å². The van der Waals surface area contributed by atoms with Crippen LogP contribution in [0.15, 0.2) is 24.3 Å². The molecule has 204 valence electrons. The first-order valence-corrected chi connectivity index (χ1v) is 13.6. The third-order valence-electron chi connectivity index (χ3n) is 7.81. The van der Waals surface area contributed by atoms with Crippen LogP contribution in [0.2, 0.25) is 0 Å². The molecule has 0 aliphatic carbocycles. The molecule has 3 aliphatic rings. The summed E-state index contributed by atoms with van der Waals surface area (Å²) in [6, 6.07) is 6.67. The van der Waals surface area contributed by atoms with Gasteiger partial charge in [0.15, 0.2) is 0 Å². The van der Waals surface area contributed by atoms with E-state index in [0.29, 0.717) is 82.3 Å². The molecule has 0 atom stereocenters. The van der Waals surface area contributed by atoms with Crippen molar-refractivity contribution in [3.63, 3.8) is 0 Å². The van der Waals surface area contributed by atoms with Crippen LogP contribution >= 0.6 is 0 Å². The Hall–Kier alpha value is -3.24. The highest BCUT2D eigenvalue weighted by atomic mass is 16.5. The molecule has 2 aromatic rings. The molecule has 0 saturated carbocycles. The fourth-order valence-corrected chi connectivity index (χ4v) is 5.58. The number of carbonyl (C=O) groups is 3. The standard InChI is InChI=1S/C28H36N4O6/c1-2-32-24-22(18-28(19-29-25(24)33)8-13-36-14-9-28)23(30-32)7-4-12-38-27(35)21-6-3-5-20(17-21)26(34)31-10-15-37-16-11-31/h3,5-6,17H,2,4,7-16,18-19H2,1H3,(H,29,33). The van der Waals surface area contributed by atoms with Gasteiger partial charge in [0.1, 0.15) is 5.69 Å². The summed E-state index contributed by atoms with van der Waals surface area (Å²) in [7, 11) is 0. The first kappa shape index (κ1) is 26.4. The average molecular weight is 525 g/mol. The van der Waals surface area contributed by atoms with Gasteiger partial charge < -0.3 is 24.4 Å².